The first kappa shape index (κ1) is 15.0. The van der Waals surface area contributed by atoms with Gasteiger partial charge in [-0.1, -0.05) is 12.1 Å². The van der Waals surface area contributed by atoms with Gasteiger partial charge in [0, 0.05) is 19.6 Å². The maximum Gasteiger partial charge on any atom is 0.122 e. The lowest BCUT2D eigenvalue weighted by Crippen LogP contribution is -2.33. The van der Waals surface area contributed by atoms with E-state index >= 15 is 0 Å². The highest BCUT2D eigenvalue weighted by atomic mass is 16.5. The van der Waals surface area contributed by atoms with Crippen molar-refractivity contribution in [2.45, 2.75) is 13.8 Å². The van der Waals surface area contributed by atoms with Gasteiger partial charge in [0.2, 0.25) is 0 Å². The normalized spacial score (nSPS) is 10.9. The molecule has 0 aromatic heterocycles. The molecule has 0 fully saturated rings. The topological polar surface area (TPSA) is 52.9 Å². The van der Waals surface area contributed by atoms with Gasteiger partial charge in [0.1, 0.15) is 12.4 Å². The average Bonchev–Trinajstić information content (AvgIpc) is 2.34. The van der Waals surface area contributed by atoms with Crippen molar-refractivity contribution < 1.29 is 14.9 Å². The molecule has 0 amide bonds. The molecule has 0 atom stereocenters. The van der Waals surface area contributed by atoms with E-state index in [9.17, 15) is 0 Å². The molecule has 102 valence electrons. The molecular weight excluding hydrogens is 230 g/mol. The molecule has 0 aliphatic carbocycles. The minimum atomic E-state index is 0.101. The summed E-state index contributed by atoms with van der Waals surface area (Å²) < 4.78 is 5.74. The Morgan fingerprint density at radius 2 is 1.72 bits per heavy atom. The summed E-state index contributed by atoms with van der Waals surface area (Å²) in [7, 11) is 0. The van der Waals surface area contributed by atoms with Crippen LogP contribution in [0.4, 0.5) is 0 Å². The molecule has 0 aliphatic heterocycles. The lowest BCUT2D eigenvalue weighted by Gasteiger charge is -2.20. The number of rotatable bonds is 8. The van der Waals surface area contributed by atoms with E-state index in [0.717, 1.165) is 11.3 Å². The predicted octanol–water partition coefficient (Wildman–Crippen LogP) is 0.969. The van der Waals surface area contributed by atoms with Crippen molar-refractivity contribution >= 4 is 0 Å². The van der Waals surface area contributed by atoms with E-state index in [2.05, 4.69) is 6.07 Å². The second kappa shape index (κ2) is 8.08. The Labute approximate surface area is 109 Å². The maximum atomic E-state index is 8.90. The molecule has 1 aromatic carbocycles. The third kappa shape index (κ3) is 5.04. The molecule has 0 aliphatic rings. The van der Waals surface area contributed by atoms with Gasteiger partial charge in [0.15, 0.2) is 0 Å². The Balaban J connectivity index is 2.41. The average molecular weight is 253 g/mol. The first-order valence-corrected chi connectivity index (χ1v) is 6.31. The van der Waals surface area contributed by atoms with E-state index in [1.54, 1.807) is 0 Å². The number of aliphatic hydroxyl groups excluding tert-OH is 2. The molecule has 4 heteroatoms. The van der Waals surface area contributed by atoms with Crippen molar-refractivity contribution in [2.75, 3.05) is 39.5 Å². The number of ether oxygens (including phenoxy) is 1. The third-order valence-electron chi connectivity index (χ3n) is 2.84. The third-order valence-corrected chi connectivity index (χ3v) is 2.84. The van der Waals surface area contributed by atoms with Crippen molar-refractivity contribution in [1.82, 2.24) is 4.90 Å². The Bertz CT molecular complexity index is 349. The van der Waals surface area contributed by atoms with E-state index in [1.807, 2.05) is 30.9 Å². The summed E-state index contributed by atoms with van der Waals surface area (Å²) in [5.74, 6) is 0.906. The number of nitrogens with zero attached hydrogens (tertiary/aromatic N) is 1. The highest BCUT2D eigenvalue weighted by molar-refractivity contribution is 5.35. The van der Waals surface area contributed by atoms with Crippen LogP contribution in [-0.4, -0.2) is 54.6 Å². The fourth-order valence-electron chi connectivity index (χ4n) is 1.77. The molecule has 0 spiro atoms. The number of hydrogen-bond acceptors (Lipinski definition) is 4. The summed E-state index contributed by atoms with van der Waals surface area (Å²) in [4.78, 5) is 1.98. The van der Waals surface area contributed by atoms with Crippen LogP contribution in [0.2, 0.25) is 0 Å². The van der Waals surface area contributed by atoms with E-state index in [-0.39, 0.29) is 13.2 Å². The fraction of sp³-hybridized carbons (Fsp3) is 0.571. The second-order valence-electron chi connectivity index (χ2n) is 4.41. The molecule has 1 rings (SSSR count). The van der Waals surface area contributed by atoms with E-state index in [4.69, 9.17) is 14.9 Å². The molecule has 0 heterocycles. The van der Waals surface area contributed by atoms with Crippen LogP contribution in [0, 0.1) is 13.8 Å². The van der Waals surface area contributed by atoms with Crippen molar-refractivity contribution in [3.8, 4) is 5.75 Å². The standard InChI is InChI=1S/C14H23NO3/c1-12-3-4-13(2)14(11-12)18-10-7-15(5-8-16)6-9-17/h3-4,11,16-17H,5-10H2,1-2H3. The van der Waals surface area contributed by atoms with Crippen LogP contribution in [0.5, 0.6) is 5.75 Å². The number of benzene rings is 1. The molecule has 0 saturated heterocycles. The Kier molecular flexibility index (Phi) is 6.72. The quantitative estimate of drug-likeness (QED) is 0.725. The van der Waals surface area contributed by atoms with Gasteiger partial charge in [0.05, 0.1) is 13.2 Å². The minimum Gasteiger partial charge on any atom is -0.492 e. The summed E-state index contributed by atoms with van der Waals surface area (Å²) in [5, 5.41) is 17.8. The summed E-state index contributed by atoms with van der Waals surface area (Å²) in [6.07, 6.45) is 0. The van der Waals surface area contributed by atoms with Crippen molar-refractivity contribution in [3.63, 3.8) is 0 Å². The summed E-state index contributed by atoms with van der Waals surface area (Å²) in [6.45, 7) is 6.66. The molecule has 4 nitrogen and oxygen atoms in total. The summed E-state index contributed by atoms with van der Waals surface area (Å²) in [6, 6.07) is 6.13. The first-order valence-electron chi connectivity index (χ1n) is 6.31. The lowest BCUT2D eigenvalue weighted by atomic mass is 10.1. The SMILES string of the molecule is Cc1ccc(C)c(OCCN(CCO)CCO)c1. The van der Waals surface area contributed by atoms with Crippen molar-refractivity contribution in [1.29, 1.82) is 0 Å². The highest BCUT2D eigenvalue weighted by Crippen LogP contribution is 2.18. The van der Waals surface area contributed by atoms with Gasteiger partial charge in [-0.2, -0.15) is 0 Å². The molecule has 0 unspecified atom stereocenters. The maximum absolute atomic E-state index is 8.90. The van der Waals surface area contributed by atoms with E-state index in [1.165, 1.54) is 5.56 Å². The van der Waals surface area contributed by atoms with Gasteiger partial charge < -0.3 is 14.9 Å². The van der Waals surface area contributed by atoms with Gasteiger partial charge in [-0.05, 0) is 31.0 Å². The zero-order chi connectivity index (χ0) is 13.4. The summed E-state index contributed by atoms with van der Waals surface area (Å²) in [5.41, 5.74) is 2.30. The highest BCUT2D eigenvalue weighted by Gasteiger charge is 2.05. The smallest absolute Gasteiger partial charge is 0.122 e. The van der Waals surface area contributed by atoms with Gasteiger partial charge in [-0.3, -0.25) is 4.90 Å². The van der Waals surface area contributed by atoms with Crippen LogP contribution in [0.15, 0.2) is 18.2 Å². The molecule has 18 heavy (non-hydrogen) atoms. The van der Waals surface area contributed by atoms with Crippen LogP contribution < -0.4 is 4.74 Å². The Morgan fingerprint density at radius 3 is 2.33 bits per heavy atom. The van der Waals surface area contributed by atoms with Crippen LogP contribution >= 0.6 is 0 Å². The number of aliphatic hydroxyl groups is 2. The second-order valence-corrected chi connectivity index (χ2v) is 4.41. The van der Waals surface area contributed by atoms with Crippen molar-refractivity contribution in [3.05, 3.63) is 29.3 Å². The molecule has 0 radical (unpaired) electrons. The number of aryl methyl sites for hydroxylation is 2. The largest absolute Gasteiger partial charge is 0.492 e. The lowest BCUT2D eigenvalue weighted by molar-refractivity contribution is 0.141. The zero-order valence-corrected chi connectivity index (χ0v) is 11.2. The first-order chi connectivity index (χ1) is 8.67. The zero-order valence-electron chi connectivity index (χ0n) is 11.2. The van der Waals surface area contributed by atoms with Crippen LogP contribution in [0.1, 0.15) is 11.1 Å². The van der Waals surface area contributed by atoms with Crippen LogP contribution in [-0.2, 0) is 0 Å². The van der Waals surface area contributed by atoms with Gasteiger partial charge in [-0.15, -0.1) is 0 Å². The minimum absolute atomic E-state index is 0.101. The van der Waals surface area contributed by atoms with Crippen LogP contribution in [0.3, 0.4) is 0 Å². The Hall–Kier alpha value is -1.10. The molecule has 0 bridgehead atoms. The van der Waals surface area contributed by atoms with E-state index in [0.29, 0.717) is 26.2 Å². The molecule has 1 aromatic rings. The Morgan fingerprint density at radius 1 is 1.06 bits per heavy atom. The van der Waals surface area contributed by atoms with E-state index < -0.39 is 0 Å². The van der Waals surface area contributed by atoms with Crippen LogP contribution in [0.25, 0.3) is 0 Å². The fourth-order valence-corrected chi connectivity index (χ4v) is 1.77. The molecular formula is C14H23NO3. The number of hydrogen-bond donors (Lipinski definition) is 2. The predicted molar refractivity (Wildman–Crippen MR) is 72.0 cm³/mol. The van der Waals surface area contributed by atoms with Gasteiger partial charge >= 0.3 is 0 Å². The molecule has 2 N–H and O–H groups in total. The van der Waals surface area contributed by atoms with Gasteiger partial charge in [-0.25, -0.2) is 0 Å². The van der Waals surface area contributed by atoms with Gasteiger partial charge in [0.25, 0.3) is 0 Å². The molecule has 0 saturated carbocycles. The monoisotopic (exact) mass is 253 g/mol. The van der Waals surface area contributed by atoms with Crippen molar-refractivity contribution in [2.24, 2.45) is 0 Å². The summed E-state index contributed by atoms with van der Waals surface area (Å²) >= 11 is 0.